The maximum absolute atomic E-state index is 14.4. The van der Waals surface area contributed by atoms with Crippen LogP contribution in [0.5, 0.6) is 0 Å². The smallest absolute Gasteiger partial charge is 0.306 e. The van der Waals surface area contributed by atoms with Crippen molar-refractivity contribution in [2.24, 2.45) is 11.3 Å². The van der Waals surface area contributed by atoms with Gasteiger partial charge in [0.25, 0.3) is 5.91 Å². The number of amides is 7. The Morgan fingerprint density at radius 3 is 1.67 bits per heavy atom. The number of ether oxygens (including phenoxy) is 2. The Kier molecular flexibility index (Phi) is 22.3. The lowest BCUT2D eigenvalue weighted by Crippen LogP contribution is -2.62. The van der Waals surface area contributed by atoms with Gasteiger partial charge in [-0.3, -0.25) is 47.9 Å². The maximum atomic E-state index is 14.4. The standard InChI is InChI=1S/C45H75N7O12/c1-15-18-28(35(56)41(61)46-24-16-2)48-39(59)31-19-17-25-52(31)42(62)36(43(6,7)8)51-40(60)34(26(3)4)50-38(58)30(21-23-33(55)64-45(12,13)14)49-37(57)29(47-27(5)53)20-22-32(54)63-44(9,10)11/h16,26,28-31,34,36H,2,15,17-25H2,1,3-14H3,(H,46,61)(H,47,53)(H,48,59)(H,49,57)(H,50,58)(H,51,60). The number of likely N-dealkylation sites (tertiary alicyclic amines) is 1. The summed E-state index contributed by atoms with van der Waals surface area (Å²) in [6, 6.07) is -7.34. The molecule has 0 spiro atoms. The Balaban J connectivity index is 3.42. The zero-order chi connectivity index (χ0) is 49.3. The molecule has 19 heteroatoms. The number of nitrogens with one attached hydrogen (secondary N) is 6. The fourth-order valence-electron chi connectivity index (χ4n) is 6.74. The minimum Gasteiger partial charge on any atom is -0.460 e. The van der Waals surface area contributed by atoms with Gasteiger partial charge in [-0.05, 0) is 85.0 Å². The molecule has 6 atom stereocenters. The second kappa shape index (κ2) is 25.2. The molecule has 1 heterocycles. The molecule has 6 unspecified atom stereocenters. The van der Waals surface area contributed by atoms with Crippen LogP contribution >= 0.6 is 0 Å². The van der Waals surface area contributed by atoms with Gasteiger partial charge in [-0.2, -0.15) is 0 Å². The number of esters is 2. The monoisotopic (exact) mass is 906 g/mol. The number of hydrogen-bond acceptors (Lipinski definition) is 12. The minimum absolute atomic E-state index is 0.0633. The van der Waals surface area contributed by atoms with Gasteiger partial charge in [-0.25, -0.2) is 0 Å². The lowest BCUT2D eigenvalue weighted by Gasteiger charge is -2.37. The Morgan fingerprint density at radius 1 is 0.703 bits per heavy atom. The van der Waals surface area contributed by atoms with Crippen LogP contribution in [0.25, 0.3) is 0 Å². The third-order valence-corrected chi connectivity index (χ3v) is 9.77. The lowest BCUT2D eigenvalue weighted by molar-refractivity contribution is -0.156. The molecule has 0 radical (unpaired) electrons. The third-order valence-electron chi connectivity index (χ3n) is 9.77. The molecule has 0 bridgehead atoms. The summed E-state index contributed by atoms with van der Waals surface area (Å²) < 4.78 is 10.7. The summed E-state index contributed by atoms with van der Waals surface area (Å²) in [6.45, 7) is 25.2. The van der Waals surface area contributed by atoms with E-state index in [1.165, 1.54) is 17.9 Å². The second-order valence-electron chi connectivity index (χ2n) is 19.5. The molecular weight excluding hydrogens is 831 g/mol. The number of Topliss-reactive ketones (excluding diaryl/α,β-unsaturated/α-hetero) is 1. The minimum atomic E-state index is -1.44. The third kappa shape index (κ3) is 20.0. The molecule has 0 aromatic heterocycles. The highest BCUT2D eigenvalue weighted by Crippen LogP contribution is 2.27. The normalized spacial score (nSPS) is 16.5. The summed E-state index contributed by atoms with van der Waals surface area (Å²) >= 11 is 0. The molecule has 1 aliphatic rings. The van der Waals surface area contributed by atoms with Crippen LogP contribution in [0, 0.1) is 11.3 Å². The summed E-state index contributed by atoms with van der Waals surface area (Å²) in [5, 5.41) is 15.6. The summed E-state index contributed by atoms with van der Waals surface area (Å²) in [7, 11) is 0. The first kappa shape index (κ1) is 56.7. The summed E-state index contributed by atoms with van der Waals surface area (Å²) in [5.74, 6) is -7.78. The summed E-state index contributed by atoms with van der Waals surface area (Å²) in [5.41, 5.74) is -2.57. The van der Waals surface area contributed by atoms with Crippen LogP contribution in [0.2, 0.25) is 0 Å². The highest BCUT2D eigenvalue weighted by atomic mass is 16.6. The molecular formula is C45H75N7O12. The zero-order valence-electron chi connectivity index (χ0n) is 40.2. The molecule has 0 aromatic rings. The fourth-order valence-corrected chi connectivity index (χ4v) is 6.74. The predicted molar refractivity (Wildman–Crippen MR) is 238 cm³/mol. The highest BCUT2D eigenvalue weighted by Gasteiger charge is 2.44. The number of hydrogen-bond donors (Lipinski definition) is 6. The van der Waals surface area contributed by atoms with Crippen molar-refractivity contribution in [1.29, 1.82) is 0 Å². The topological polar surface area (TPSA) is 265 Å². The molecule has 64 heavy (non-hydrogen) atoms. The molecule has 1 fully saturated rings. The zero-order valence-corrected chi connectivity index (χ0v) is 40.2. The van der Waals surface area contributed by atoms with Gasteiger partial charge >= 0.3 is 11.9 Å². The van der Waals surface area contributed by atoms with E-state index in [-0.39, 0.29) is 51.6 Å². The summed E-state index contributed by atoms with van der Waals surface area (Å²) in [6.07, 6.45) is 1.78. The molecule has 19 nitrogen and oxygen atoms in total. The van der Waals surface area contributed by atoms with Crippen molar-refractivity contribution in [3.8, 4) is 0 Å². The van der Waals surface area contributed by atoms with E-state index in [0.717, 1.165) is 0 Å². The van der Waals surface area contributed by atoms with Gasteiger partial charge in [0, 0.05) is 32.9 Å². The van der Waals surface area contributed by atoms with Gasteiger partial charge in [-0.15, -0.1) is 6.58 Å². The van der Waals surface area contributed by atoms with Crippen LogP contribution in [0.4, 0.5) is 0 Å². The van der Waals surface area contributed by atoms with Gasteiger partial charge in [0.05, 0.1) is 6.04 Å². The van der Waals surface area contributed by atoms with E-state index in [0.29, 0.717) is 12.8 Å². The number of nitrogens with zero attached hydrogens (tertiary/aromatic N) is 1. The van der Waals surface area contributed by atoms with Crippen LogP contribution in [0.3, 0.4) is 0 Å². The number of ketones is 1. The molecule has 1 aliphatic heterocycles. The van der Waals surface area contributed by atoms with E-state index in [1.54, 1.807) is 83.1 Å². The molecule has 0 aliphatic carbocycles. The average molecular weight is 906 g/mol. The molecule has 0 saturated carbocycles. The van der Waals surface area contributed by atoms with Crippen LogP contribution in [0.1, 0.15) is 141 Å². The van der Waals surface area contributed by atoms with Gasteiger partial charge in [0.2, 0.25) is 41.2 Å². The van der Waals surface area contributed by atoms with Crippen LogP contribution < -0.4 is 31.9 Å². The second-order valence-corrected chi connectivity index (χ2v) is 19.5. The SMILES string of the molecule is C=CCNC(=O)C(=O)C(CCC)NC(=O)C1CCCN1C(=O)C(NC(=O)C(NC(=O)C(CCC(=O)OC(C)(C)C)NC(=O)C(CCC(=O)OC(C)(C)C)NC(C)=O)C(C)C)C(C)(C)C. The van der Waals surface area contributed by atoms with Crippen LogP contribution in [-0.4, -0.2) is 125 Å². The van der Waals surface area contributed by atoms with Gasteiger partial charge in [0.1, 0.15) is 41.4 Å². The summed E-state index contributed by atoms with van der Waals surface area (Å²) in [4.78, 5) is 134. The first-order valence-corrected chi connectivity index (χ1v) is 22.1. The number of carbonyl (C=O) groups excluding carboxylic acids is 10. The van der Waals surface area contributed by atoms with Gasteiger partial charge < -0.3 is 46.3 Å². The Hall–Kier alpha value is -5.36. The highest BCUT2D eigenvalue weighted by molar-refractivity contribution is 6.38. The van der Waals surface area contributed by atoms with Crippen molar-refractivity contribution in [2.45, 2.75) is 189 Å². The Labute approximate surface area is 378 Å². The van der Waals surface area contributed by atoms with E-state index in [9.17, 15) is 47.9 Å². The van der Waals surface area contributed by atoms with Crippen LogP contribution in [0.15, 0.2) is 12.7 Å². The maximum Gasteiger partial charge on any atom is 0.306 e. The number of carbonyl (C=O) groups is 10. The van der Waals surface area contributed by atoms with E-state index >= 15 is 0 Å². The van der Waals surface area contributed by atoms with Crippen molar-refractivity contribution in [1.82, 2.24) is 36.8 Å². The van der Waals surface area contributed by atoms with E-state index < -0.39 is 118 Å². The van der Waals surface area contributed by atoms with E-state index in [4.69, 9.17) is 9.47 Å². The molecule has 362 valence electrons. The van der Waals surface area contributed by atoms with Gasteiger partial charge in [0.15, 0.2) is 0 Å². The molecule has 1 saturated heterocycles. The molecule has 6 N–H and O–H groups in total. The fraction of sp³-hybridized carbons (Fsp3) is 0.733. The Morgan fingerprint density at radius 2 is 1.22 bits per heavy atom. The molecule has 0 aromatic carbocycles. The molecule has 7 amide bonds. The van der Waals surface area contributed by atoms with Crippen molar-refractivity contribution >= 4 is 59.1 Å². The van der Waals surface area contributed by atoms with Gasteiger partial charge in [-0.1, -0.05) is 54.0 Å². The van der Waals surface area contributed by atoms with E-state index in [1.807, 2.05) is 0 Å². The first-order valence-electron chi connectivity index (χ1n) is 22.1. The van der Waals surface area contributed by atoms with E-state index in [2.05, 4.69) is 38.5 Å². The first-order chi connectivity index (χ1) is 29.4. The van der Waals surface area contributed by atoms with Crippen LogP contribution in [-0.2, 0) is 57.4 Å². The molecule has 1 rings (SSSR count). The lowest BCUT2D eigenvalue weighted by atomic mass is 9.85. The number of rotatable bonds is 23. The van der Waals surface area contributed by atoms with Crippen molar-refractivity contribution < 1.29 is 57.4 Å². The van der Waals surface area contributed by atoms with Crippen molar-refractivity contribution in [2.75, 3.05) is 13.1 Å². The average Bonchev–Trinajstić information content (AvgIpc) is 3.65. The largest absolute Gasteiger partial charge is 0.460 e. The Bertz CT molecular complexity index is 1710. The predicted octanol–water partition coefficient (Wildman–Crippen LogP) is 2.04. The van der Waals surface area contributed by atoms with Crippen molar-refractivity contribution in [3.63, 3.8) is 0 Å². The quantitative estimate of drug-likeness (QED) is 0.0489. The van der Waals surface area contributed by atoms with Crippen molar-refractivity contribution in [3.05, 3.63) is 12.7 Å².